The predicted octanol–water partition coefficient (Wildman–Crippen LogP) is 1.26. The van der Waals surface area contributed by atoms with Crippen LogP contribution in [0, 0.1) is 0 Å². The number of aromatic nitrogens is 2. The van der Waals surface area contributed by atoms with Crippen LogP contribution in [0.25, 0.3) is 0 Å². The first-order valence-corrected chi connectivity index (χ1v) is 7.19. The van der Waals surface area contributed by atoms with E-state index in [9.17, 15) is 0 Å². The van der Waals surface area contributed by atoms with Crippen molar-refractivity contribution >= 4 is 5.82 Å². The molecule has 0 saturated carbocycles. The van der Waals surface area contributed by atoms with Gasteiger partial charge in [-0.1, -0.05) is 0 Å². The highest BCUT2D eigenvalue weighted by Gasteiger charge is 2.43. The summed E-state index contributed by atoms with van der Waals surface area (Å²) in [7, 11) is 1.62. The monoisotopic (exact) mass is 279 g/mol. The molecule has 1 aromatic heterocycles. The third kappa shape index (κ3) is 2.45. The van der Waals surface area contributed by atoms with E-state index in [1.54, 1.807) is 13.4 Å². The normalized spacial score (nSPS) is 29.3. The molecule has 3 rings (SSSR count). The molecule has 0 spiro atoms. The predicted molar refractivity (Wildman–Crippen MR) is 74.1 cm³/mol. The number of anilines is 1. The van der Waals surface area contributed by atoms with Crippen molar-refractivity contribution in [2.24, 2.45) is 0 Å². The van der Waals surface area contributed by atoms with Crippen LogP contribution in [0.4, 0.5) is 5.82 Å². The van der Waals surface area contributed by atoms with Crippen LogP contribution >= 0.6 is 0 Å². The van der Waals surface area contributed by atoms with Gasteiger partial charge in [-0.25, -0.2) is 9.97 Å². The Hall–Kier alpha value is -1.40. The van der Waals surface area contributed by atoms with E-state index in [1.165, 1.54) is 0 Å². The zero-order chi connectivity index (χ0) is 13.9. The quantitative estimate of drug-likeness (QED) is 0.827. The fourth-order valence-electron chi connectivity index (χ4n) is 3.16. The highest BCUT2D eigenvalue weighted by Crippen LogP contribution is 2.33. The van der Waals surface area contributed by atoms with Crippen LogP contribution in [0.5, 0.6) is 5.88 Å². The van der Waals surface area contributed by atoms with E-state index in [-0.39, 0.29) is 12.2 Å². The zero-order valence-corrected chi connectivity index (χ0v) is 12.0. The molecule has 2 fully saturated rings. The minimum absolute atomic E-state index is 0.143. The Kier molecular flexibility index (Phi) is 4.03. The van der Waals surface area contributed by atoms with Crippen molar-refractivity contribution in [2.75, 3.05) is 31.8 Å². The third-order valence-corrected chi connectivity index (χ3v) is 4.04. The largest absolute Gasteiger partial charge is 0.481 e. The first-order chi connectivity index (χ1) is 9.83. The average molecular weight is 279 g/mol. The SMILES string of the molecule is CCO[C@@H]1CCN(c2cc(OC)ncn2)[C@H]2CCO[C@H]12. The molecular formula is C14H21N3O3. The maximum Gasteiger partial charge on any atom is 0.218 e. The maximum atomic E-state index is 5.89. The van der Waals surface area contributed by atoms with E-state index < -0.39 is 0 Å². The summed E-state index contributed by atoms with van der Waals surface area (Å²) in [6.45, 7) is 4.48. The Morgan fingerprint density at radius 3 is 3.10 bits per heavy atom. The molecule has 0 radical (unpaired) electrons. The van der Waals surface area contributed by atoms with Gasteiger partial charge in [0.05, 0.1) is 19.3 Å². The van der Waals surface area contributed by atoms with Gasteiger partial charge in [-0.3, -0.25) is 0 Å². The number of ether oxygens (including phenoxy) is 3. The summed E-state index contributed by atoms with van der Waals surface area (Å²) in [5.74, 6) is 1.50. The second-order valence-corrected chi connectivity index (χ2v) is 5.09. The molecule has 0 amide bonds. The van der Waals surface area contributed by atoms with Crippen molar-refractivity contribution < 1.29 is 14.2 Å². The fourth-order valence-corrected chi connectivity index (χ4v) is 3.16. The Labute approximate surface area is 119 Å². The summed E-state index contributed by atoms with van der Waals surface area (Å²) in [6.07, 6.45) is 3.87. The van der Waals surface area contributed by atoms with Gasteiger partial charge in [-0.05, 0) is 19.8 Å². The van der Waals surface area contributed by atoms with E-state index in [0.717, 1.165) is 38.4 Å². The number of piperidine rings is 1. The zero-order valence-electron chi connectivity index (χ0n) is 12.0. The Bertz CT molecular complexity index is 457. The van der Waals surface area contributed by atoms with E-state index in [4.69, 9.17) is 14.2 Å². The molecule has 0 unspecified atom stereocenters. The first kappa shape index (κ1) is 13.6. The number of rotatable bonds is 4. The summed E-state index contributed by atoms with van der Waals surface area (Å²) in [4.78, 5) is 10.8. The lowest BCUT2D eigenvalue weighted by Gasteiger charge is -2.41. The van der Waals surface area contributed by atoms with Crippen molar-refractivity contribution in [2.45, 2.75) is 38.0 Å². The van der Waals surface area contributed by atoms with Gasteiger partial charge in [0.15, 0.2) is 0 Å². The van der Waals surface area contributed by atoms with Crippen LogP contribution in [0.1, 0.15) is 19.8 Å². The molecule has 3 heterocycles. The summed E-state index contributed by atoms with van der Waals surface area (Å²) < 4.78 is 16.9. The van der Waals surface area contributed by atoms with Crippen molar-refractivity contribution in [1.29, 1.82) is 0 Å². The Morgan fingerprint density at radius 2 is 2.30 bits per heavy atom. The van der Waals surface area contributed by atoms with Crippen LogP contribution in [-0.4, -0.2) is 55.1 Å². The second-order valence-electron chi connectivity index (χ2n) is 5.09. The minimum Gasteiger partial charge on any atom is -0.481 e. The van der Waals surface area contributed by atoms with Crippen molar-refractivity contribution in [3.63, 3.8) is 0 Å². The molecule has 0 N–H and O–H groups in total. The fraction of sp³-hybridized carbons (Fsp3) is 0.714. The molecule has 6 nitrogen and oxygen atoms in total. The smallest absolute Gasteiger partial charge is 0.218 e. The summed E-state index contributed by atoms with van der Waals surface area (Å²) in [5, 5.41) is 0. The van der Waals surface area contributed by atoms with Gasteiger partial charge in [-0.15, -0.1) is 0 Å². The molecule has 3 atom stereocenters. The van der Waals surface area contributed by atoms with Gasteiger partial charge in [0, 0.05) is 25.8 Å². The molecular weight excluding hydrogens is 258 g/mol. The Balaban J connectivity index is 1.80. The molecule has 0 aromatic carbocycles. The van der Waals surface area contributed by atoms with Crippen molar-refractivity contribution in [1.82, 2.24) is 9.97 Å². The van der Waals surface area contributed by atoms with Crippen LogP contribution in [0.3, 0.4) is 0 Å². The molecule has 6 heteroatoms. The summed E-state index contributed by atoms with van der Waals surface area (Å²) in [5.41, 5.74) is 0. The molecule has 0 bridgehead atoms. The van der Waals surface area contributed by atoms with Crippen LogP contribution in [0.15, 0.2) is 12.4 Å². The van der Waals surface area contributed by atoms with E-state index in [0.29, 0.717) is 11.9 Å². The minimum atomic E-state index is 0.143. The number of methoxy groups -OCH3 is 1. The van der Waals surface area contributed by atoms with Crippen LogP contribution in [0.2, 0.25) is 0 Å². The lowest BCUT2D eigenvalue weighted by atomic mass is 9.95. The highest BCUT2D eigenvalue weighted by molar-refractivity contribution is 5.43. The maximum absolute atomic E-state index is 5.89. The molecule has 2 aliphatic rings. The third-order valence-electron chi connectivity index (χ3n) is 4.04. The molecule has 2 saturated heterocycles. The van der Waals surface area contributed by atoms with Gasteiger partial charge in [0.25, 0.3) is 0 Å². The highest BCUT2D eigenvalue weighted by atomic mass is 16.5. The van der Waals surface area contributed by atoms with Crippen LogP contribution < -0.4 is 9.64 Å². The summed E-state index contributed by atoms with van der Waals surface area (Å²) >= 11 is 0. The van der Waals surface area contributed by atoms with Crippen molar-refractivity contribution in [3.8, 4) is 5.88 Å². The van der Waals surface area contributed by atoms with Crippen LogP contribution in [-0.2, 0) is 9.47 Å². The lowest BCUT2D eigenvalue weighted by Crippen LogP contribution is -2.53. The van der Waals surface area contributed by atoms with E-state index in [1.807, 2.05) is 13.0 Å². The van der Waals surface area contributed by atoms with E-state index in [2.05, 4.69) is 14.9 Å². The number of nitrogens with zero attached hydrogens (tertiary/aromatic N) is 3. The molecule has 20 heavy (non-hydrogen) atoms. The number of hydrogen-bond acceptors (Lipinski definition) is 6. The molecule has 2 aliphatic heterocycles. The average Bonchev–Trinajstić information content (AvgIpc) is 2.98. The van der Waals surface area contributed by atoms with E-state index >= 15 is 0 Å². The van der Waals surface area contributed by atoms with Gasteiger partial charge in [0.1, 0.15) is 18.2 Å². The summed E-state index contributed by atoms with van der Waals surface area (Å²) in [6, 6.07) is 2.22. The molecule has 1 aromatic rings. The topological polar surface area (TPSA) is 56.7 Å². The number of hydrogen-bond donors (Lipinski definition) is 0. The standard InChI is InChI=1S/C14H21N3O3/c1-3-19-11-4-6-17(10-5-7-20-14(10)11)12-8-13(18-2)16-9-15-12/h8-11,14H,3-7H2,1-2H3/t10-,11+,14-/m0/s1. The lowest BCUT2D eigenvalue weighted by molar-refractivity contribution is -0.0611. The first-order valence-electron chi connectivity index (χ1n) is 7.19. The van der Waals surface area contributed by atoms with Gasteiger partial charge < -0.3 is 19.1 Å². The molecule has 0 aliphatic carbocycles. The van der Waals surface area contributed by atoms with Gasteiger partial charge >= 0.3 is 0 Å². The van der Waals surface area contributed by atoms with Gasteiger partial charge in [-0.2, -0.15) is 0 Å². The second kappa shape index (κ2) is 5.93. The van der Waals surface area contributed by atoms with Gasteiger partial charge in [0.2, 0.25) is 5.88 Å². The Morgan fingerprint density at radius 1 is 1.40 bits per heavy atom. The molecule has 110 valence electrons. The van der Waals surface area contributed by atoms with Crippen molar-refractivity contribution in [3.05, 3.63) is 12.4 Å². The number of fused-ring (bicyclic) bond motifs is 1.